The summed E-state index contributed by atoms with van der Waals surface area (Å²) >= 11 is 3.97. The van der Waals surface area contributed by atoms with Crippen LogP contribution in [0.25, 0.3) is 0 Å². The van der Waals surface area contributed by atoms with E-state index in [1.807, 2.05) is 13.8 Å². The van der Waals surface area contributed by atoms with Crippen molar-refractivity contribution in [1.82, 2.24) is 0 Å². The summed E-state index contributed by atoms with van der Waals surface area (Å²) in [6, 6.07) is 0. The topological polar surface area (TPSA) is 26.3 Å². The Hall–Kier alpha value is 0.170. The monoisotopic (exact) mass is 167 g/mol. The Morgan fingerprint density at radius 1 is 2.00 bits per heavy atom. The molecule has 0 aromatic carbocycles. The van der Waals surface area contributed by atoms with Crippen molar-refractivity contribution in [2.75, 3.05) is 6.61 Å². The van der Waals surface area contributed by atoms with E-state index in [2.05, 4.69) is 16.4 Å². The van der Waals surface area contributed by atoms with E-state index in [0.29, 0.717) is 0 Å². The zero-order valence-electron chi connectivity index (χ0n) is 6.38. The molecule has 2 nitrogen and oxygen atoms in total. The SMILES string of the molecule is [2H]C(=O)OCC(C)(C)SS. The maximum absolute atomic E-state index is 10.0. The van der Waals surface area contributed by atoms with Gasteiger partial charge in [0.1, 0.15) is 6.61 Å². The molecule has 0 aliphatic carbocycles. The van der Waals surface area contributed by atoms with Crippen LogP contribution in [0.15, 0.2) is 0 Å². The van der Waals surface area contributed by atoms with Gasteiger partial charge in [0.25, 0.3) is 6.45 Å². The molecular formula is C5H10O2S2. The van der Waals surface area contributed by atoms with Crippen LogP contribution in [0, 0.1) is 0 Å². The molecule has 0 atom stereocenters. The lowest BCUT2D eigenvalue weighted by atomic mass is 10.2. The minimum Gasteiger partial charge on any atom is -0.466 e. The second kappa shape index (κ2) is 4.06. The number of rotatable bonds is 3. The molecule has 0 N–H and O–H groups in total. The first-order valence-electron chi connectivity index (χ1n) is 2.94. The molecule has 0 unspecified atom stereocenters. The summed E-state index contributed by atoms with van der Waals surface area (Å²) < 4.78 is 10.7. The fourth-order valence-electron chi connectivity index (χ4n) is 0.230. The lowest BCUT2D eigenvalue weighted by Gasteiger charge is -2.18. The highest BCUT2D eigenvalue weighted by Crippen LogP contribution is 2.26. The maximum Gasteiger partial charge on any atom is 0.293 e. The predicted octanol–water partition coefficient (Wildman–Crippen LogP) is 1.52. The van der Waals surface area contributed by atoms with Gasteiger partial charge in [-0.15, -0.1) is 11.7 Å². The Kier molecular flexibility index (Phi) is 3.28. The molecule has 0 bridgehead atoms. The van der Waals surface area contributed by atoms with E-state index >= 15 is 0 Å². The van der Waals surface area contributed by atoms with Crippen LogP contribution in [0.3, 0.4) is 0 Å². The van der Waals surface area contributed by atoms with Crippen LogP contribution in [-0.2, 0) is 9.53 Å². The summed E-state index contributed by atoms with van der Waals surface area (Å²) in [5, 5.41) is 0. The minimum absolute atomic E-state index is 0.209. The van der Waals surface area contributed by atoms with Crippen molar-refractivity contribution in [2.24, 2.45) is 0 Å². The van der Waals surface area contributed by atoms with Gasteiger partial charge in [-0.25, -0.2) is 0 Å². The van der Waals surface area contributed by atoms with Crippen LogP contribution < -0.4 is 0 Å². The molecular weight excluding hydrogens is 156 g/mol. The standard InChI is InChI=1S/C5H10O2S2/c1-5(2,9-8)3-7-4-6/h4,8H,3H2,1-2H3/i4D. The Morgan fingerprint density at radius 2 is 2.56 bits per heavy atom. The summed E-state index contributed by atoms with van der Waals surface area (Å²) in [6.07, 6.45) is -0.990. The number of hydrogen-bond donors (Lipinski definition) is 1. The van der Waals surface area contributed by atoms with Crippen molar-refractivity contribution in [3.63, 3.8) is 0 Å². The number of carbonyl (C=O) groups is 1. The van der Waals surface area contributed by atoms with Gasteiger partial charge in [0.05, 0.1) is 4.75 Å². The highest BCUT2D eigenvalue weighted by molar-refractivity contribution is 8.69. The number of carbonyl (C=O) groups excluding carboxylic acids is 1. The molecule has 0 radical (unpaired) electrons. The van der Waals surface area contributed by atoms with Crippen molar-refractivity contribution in [1.29, 1.82) is 0 Å². The van der Waals surface area contributed by atoms with Crippen LogP contribution in [0.2, 0.25) is 0 Å². The third-order valence-corrected chi connectivity index (χ3v) is 2.82. The predicted molar refractivity (Wildman–Crippen MR) is 42.7 cm³/mol. The molecule has 0 aliphatic rings. The first-order valence-corrected chi connectivity index (χ1v) is 4.31. The van der Waals surface area contributed by atoms with Crippen molar-refractivity contribution < 1.29 is 10.9 Å². The molecule has 0 heterocycles. The molecule has 0 fully saturated rings. The fourth-order valence-corrected chi connectivity index (χ4v) is 0.499. The first kappa shape index (κ1) is 7.28. The molecule has 0 rings (SSSR count). The molecule has 0 spiro atoms. The highest BCUT2D eigenvalue weighted by Gasteiger charge is 2.16. The van der Waals surface area contributed by atoms with E-state index in [-0.39, 0.29) is 11.4 Å². The van der Waals surface area contributed by atoms with Gasteiger partial charge in [-0.1, -0.05) is 10.8 Å². The Morgan fingerprint density at radius 3 is 2.89 bits per heavy atom. The molecule has 4 heteroatoms. The highest BCUT2D eigenvalue weighted by atomic mass is 33.1. The van der Waals surface area contributed by atoms with Gasteiger partial charge >= 0.3 is 0 Å². The summed E-state index contributed by atoms with van der Waals surface area (Å²) in [5.74, 6) is 0. The van der Waals surface area contributed by atoms with Crippen LogP contribution in [-0.4, -0.2) is 17.8 Å². The quantitative estimate of drug-likeness (QED) is 0.392. The number of thiol groups is 1. The third kappa shape index (κ3) is 4.66. The molecule has 54 valence electrons. The van der Waals surface area contributed by atoms with Crippen LogP contribution in [0.4, 0.5) is 0 Å². The van der Waals surface area contributed by atoms with Crippen molar-refractivity contribution in [3.05, 3.63) is 0 Å². The Balaban J connectivity index is 3.56. The molecule has 9 heavy (non-hydrogen) atoms. The number of ether oxygens (including phenoxy) is 1. The zero-order valence-corrected chi connectivity index (χ0v) is 7.09. The maximum atomic E-state index is 10.0. The van der Waals surface area contributed by atoms with E-state index < -0.39 is 6.45 Å². The van der Waals surface area contributed by atoms with E-state index in [0.717, 1.165) is 0 Å². The largest absolute Gasteiger partial charge is 0.466 e. The van der Waals surface area contributed by atoms with Crippen LogP contribution >= 0.6 is 22.5 Å². The van der Waals surface area contributed by atoms with Crippen LogP contribution in [0.1, 0.15) is 15.2 Å². The summed E-state index contributed by atoms with van der Waals surface area (Å²) in [4.78, 5) is 10.0. The molecule has 0 saturated carbocycles. The third-order valence-electron chi connectivity index (χ3n) is 0.726. The van der Waals surface area contributed by atoms with Crippen molar-refractivity contribution in [2.45, 2.75) is 18.6 Å². The summed E-state index contributed by atoms with van der Waals surface area (Å²) in [6.45, 7) is 3.99. The van der Waals surface area contributed by atoms with Gasteiger partial charge in [-0.2, -0.15) is 0 Å². The van der Waals surface area contributed by atoms with Gasteiger partial charge in [0.15, 0.2) is 1.37 Å². The minimum atomic E-state index is -0.990. The number of hydrogen-bond acceptors (Lipinski definition) is 4. The van der Waals surface area contributed by atoms with Gasteiger partial charge in [-0.3, -0.25) is 4.79 Å². The molecule has 0 aliphatic heterocycles. The normalized spacial score (nSPS) is 12.6. The zero-order chi connectivity index (χ0) is 8.20. The van der Waals surface area contributed by atoms with Crippen molar-refractivity contribution >= 4 is 28.9 Å². The van der Waals surface area contributed by atoms with Gasteiger partial charge in [0.2, 0.25) is 0 Å². The van der Waals surface area contributed by atoms with Crippen LogP contribution in [0.5, 0.6) is 0 Å². The van der Waals surface area contributed by atoms with E-state index in [9.17, 15) is 4.79 Å². The summed E-state index contributed by atoms with van der Waals surface area (Å²) in [5.41, 5.74) is 0. The second-order valence-electron chi connectivity index (χ2n) is 2.22. The van der Waals surface area contributed by atoms with E-state index in [1.165, 1.54) is 10.8 Å². The molecule has 0 aromatic heterocycles. The Labute approximate surface area is 65.6 Å². The first-order chi connectivity index (χ1) is 4.48. The van der Waals surface area contributed by atoms with Gasteiger partial charge in [-0.05, 0) is 13.8 Å². The lowest BCUT2D eigenvalue weighted by molar-refractivity contribution is -0.129. The second-order valence-corrected chi connectivity index (χ2v) is 4.06. The van der Waals surface area contributed by atoms with Gasteiger partial charge < -0.3 is 4.74 Å². The summed E-state index contributed by atoms with van der Waals surface area (Å²) in [7, 11) is 1.30. The molecule has 0 aromatic rings. The van der Waals surface area contributed by atoms with E-state index in [4.69, 9.17) is 1.37 Å². The lowest BCUT2D eigenvalue weighted by Crippen LogP contribution is -2.20. The molecule has 0 saturated heterocycles. The van der Waals surface area contributed by atoms with Gasteiger partial charge in [0, 0.05) is 0 Å². The average molecular weight is 167 g/mol. The average Bonchev–Trinajstić information content (AvgIpc) is 1.85. The molecule has 0 amide bonds. The van der Waals surface area contributed by atoms with E-state index in [1.54, 1.807) is 0 Å². The Bertz CT molecular complexity index is 127. The van der Waals surface area contributed by atoms with Crippen molar-refractivity contribution in [3.8, 4) is 0 Å². The smallest absolute Gasteiger partial charge is 0.293 e. The fraction of sp³-hybridized carbons (Fsp3) is 0.800.